The van der Waals surface area contributed by atoms with Crippen LogP contribution in [0.4, 0.5) is 5.69 Å². The molecule has 0 heterocycles. The van der Waals surface area contributed by atoms with E-state index in [9.17, 15) is 13.2 Å². The summed E-state index contributed by atoms with van der Waals surface area (Å²) >= 11 is 2.18. The molecule has 146 valence electrons. The van der Waals surface area contributed by atoms with Crippen molar-refractivity contribution in [2.24, 2.45) is 0 Å². The van der Waals surface area contributed by atoms with Gasteiger partial charge < -0.3 is 5.32 Å². The van der Waals surface area contributed by atoms with Crippen molar-refractivity contribution in [2.45, 2.75) is 25.7 Å². The molecule has 1 amide bonds. The Balaban J connectivity index is 1.83. The highest BCUT2D eigenvalue weighted by Gasteiger charge is 2.17. The molecule has 0 bridgehead atoms. The predicted octanol–water partition coefficient (Wildman–Crippen LogP) is 3.76. The lowest BCUT2D eigenvalue weighted by molar-refractivity contribution is -0.121. The molecule has 0 aliphatic carbocycles. The smallest absolute Gasteiger partial charge is 0.232 e. The first-order valence-corrected chi connectivity index (χ1v) is 11.7. The number of rotatable bonds is 9. The fourth-order valence-electron chi connectivity index (χ4n) is 2.73. The van der Waals surface area contributed by atoms with Gasteiger partial charge in [-0.25, -0.2) is 8.42 Å². The second-order valence-electron chi connectivity index (χ2n) is 6.53. The van der Waals surface area contributed by atoms with Crippen LogP contribution in [0.15, 0.2) is 54.6 Å². The van der Waals surface area contributed by atoms with Gasteiger partial charge in [0.2, 0.25) is 15.9 Å². The highest BCUT2D eigenvalue weighted by atomic mass is 127. The van der Waals surface area contributed by atoms with Crippen molar-refractivity contribution in [1.82, 2.24) is 5.32 Å². The molecule has 1 atom stereocenters. The summed E-state index contributed by atoms with van der Waals surface area (Å²) in [6.07, 6.45) is 1.94. The normalized spacial score (nSPS) is 12.4. The molecule has 5 nitrogen and oxygen atoms in total. The van der Waals surface area contributed by atoms with Gasteiger partial charge in [0, 0.05) is 23.1 Å². The molecule has 2 aromatic carbocycles. The van der Waals surface area contributed by atoms with Crippen molar-refractivity contribution in [2.75, 3.05) is 23.7 Å². The van der Waals surface area contributed by atoms with Crippen LogP contribution in [0.5, 0.6) is 0 Å². The number of hydrogen-bond acceptors (Lipinski definition) is 3. The molecule has 7 heteroatoms. The van der Waals surface area contributed by atoms with Crippen molar-refractivity contribution >= 4 is 44.2 Å². The largest absolute Gasteiger partial charge is 0.356 e. The summed E-state index contributed by atoms with van der Waals surface area (Å²) in [5.74, 6) is 0.170. The number of halogens is 1. The van der Waals surface area contributed by atoms with E-state index in [-0.39, 0.29) is 24.8 Å². The van der Waals surface area contributed by atoms with Gasteiger partial charge in [0.1, 0.15) is 0 Å². The fourth-order valence-corrected chi connectivity index (χ4v) is 4.06. The number of nitrogens with zero attached hydrogens (tertiary/aromatic N) is 1. The number of carbonyl (C=O) groups is 1. The molecule has 0 saturated carbocycles. The van der Waals surface area contributed by atoms with Gasteiger partial charge in [-0.2, -0.15) is 0 Å². The molecule has 0 aromatic heterocycles. The van der Waals surface area contributed by atoms with Crippen molar-refractivity contribution in [1.29, 1.82) is 0 Å². The average Bonchev–Trinajstić information content (AvgIpc) is 2.64. The molecule has 0 aliphatic heterocycles. The first kappa shape index (κ1) is 21.7. The van der Waals surface area contributed by atoms with E-state index in [4.69, 9.17) is 0 Å². The molecule has 2 rings (SSSR count). The fraction of sp³-hybridized carbons (Fsp3) is 0.350. The third kappa shape index (κ3) is 7.14. The van der Waals surface area contributed by atoms with Crippen molar-refractivity contribution < 1.29 is 13.2 Å². The van der Waals surface area contributed by atoms with Gasteiger partial charge in [-0.15, -0.1) is 0 Å². The first-order chi connectivity index (χ1) is 12.8. The van der Waals surface area contributed by atoms with E-state index >= 15 is 0 Å². The Morgan fingerprint density at radius 3 is 2.33 bits per heavy atom. The van der Waals surface area contributed by atoms with Gasteiger partial charge in [-0.05, 0) is 64.8 Å². The van der Waals surface area contributed by atoms with E-state index in [0.29, 0.717) is 18.7 Å². The molecular weight excluding hydrogens is 475 g/mol. The van der Waals surface area contributed by atoms with Crippen LogP contribution in [0.3, 0.4) is 0 Å². The van der Waals surface area contributed by atoms with Crippen LogP contribution in [-0.4, -0.2) is 33.7 Å². The van der Waals surface area contributed by atoms with E-state index in [0.717, 1.165) is 3.57 Å². The number of carbonyl (C=O) groups excluding carboxylic acids is 1. The van der Waals surface area contributed by atoms with Gasteiger partial charge in [0.15, 0.2) is 0 Å². The molecule has 0 saturated heterocycles. The number of hydrogen-bond donors (Lipinski definition) is 1. The second kappa shape index (κ2) is 10.1. The van der Waals surface area contributed by atoms with Crippen LogP contribution < -0.4 is 9.62 Å². The molecule has 0 radical (unpaired) electrons. The standard InChI is InChI=1S/C20H25IN2O3S/c1-16(17-7-4-3-5-8-17)15-22-20(24)9-6-14-23(27(2,25)26)19-12-10-18(21)11-13-19/h3-5,7-8,10-13,16H,6,9,14-15H2,1-2H3,(H,22,24)/t16-/m0/s1. The Bertz CT molecular complexity index is 839. The van der Waals surface area contributed by atoms with Gasteiger partial charge >= 0.3 is 0 Å². The third-order valence-corrected chi connectivity index (χ3v) is 6.17. The van der Waals surface area contributed by atoms with E-state index in [2.05, 4.69) is 34.8 Å². The maximum absolute atomic E-state index is 12.1. The van der Waals surface area contributed by atoms with E-state index in [1.807, 2.05) is 42.5 Å². The van der Waals surface area contributed by atoms with Crippen molar-refractivity contribution in [3.05, 3.63) is 63.7 Å². The van der Waals surface area contributed by atoms with Gasteiger partial charge in [-0.3, -0.25) is 9.10 Å². The maximum atomic E-state index is 12.1. The maximum Gasteiger partial charge on any atom is 0.232 e. The number of amides is 1. The van der Waals surface area contributed by atoms with Crippen molar-refractivity contribution in [3.8, 4) is 0 Å². The Labute approximate surface area is 175 Å². The Hall–Kier alpha value is -1.61. The minimum Gasteiger partial charge on any atom is -0.356 e. The van der Waals surface area contributed by atoms with E-state index in [1.54, 1.807) is 12.1 Å². The lowest BCUT2D eigenvalue weighted by Gasteiger charge is -2.22. The molecular formula is C20H25IN2O3S. The molecule has 0 fully saturated rings. The van der Waals surface area contributed by atoms with Crippen LogP contribution in [0.1, 0.15) is 31.2 Å². The molecule has 0 unspecified atom stereocenters. The first-order valence-electron chi connectivity index (χ1n) is 8.82. The van der Waals surface area contributed by atoms with Gasteiger partial charge in [0.05, 0.1) is 11.9 Å². The van der Waals surface area contributed by atoms with Crippen LogP contribution in [0.2, 0.25) is 0 Å². The zero-order valence-electron chi connectivity index (χ0n) is 15.6. The Kier molecular flexibility index (Phi) is 8.09. The summed E-state index contributed by atoms with van der Waals surface area (Å²) in [5, 5.41) is 2.93. The van der Waals surface area contributed by atoms with Crippen LogP contribution in [0, 0.1) is 3.57 Å². The van der Waals surface area contributed by atoms with Crippen LogP contribution in [0.25, 0.3) is 0 Å². The van der Waals surface area contributed by atoms with Gasteiger partial charge in [0.25, 0.3) is 0 Å². The minimum atomic E-state index is -3.39. The SMILES string of the molecule is C[C@@H](CNC(=O)CCCN(c1ccc(I)cc1)S(C)(=O)=O)c1ccccc1. The highest BCUT2D eigenvalue weighted by molar-refractivity contribution is 14.1. The van der Waals surface area contributed by atoms with Crippen LogP contribution in [-0.2, 0) is 14.8 Å². The number of benzene rings is 2. The summed E-state index contributed by atoms with van der Waals surface area (Å²) in [5.41, 5.74) is 1.80. The number of sulfonamides is 1. The topological polar surface area (TPSA) is 66.5 Å². The summed E-state index contributed by atoms with van der Waals surface area (Å²) in [6, 6.07) is 17.3. The third-order valence-electron chi connectivity index (χ3n) is 4.25. The Morgan fingerprint density at radius 2 is 1.74 bits per heavy atom. The molecule has 0 spiro atoms. The Morgan fingerprint density at radius 1 is 1.11 bits per heavy atom. The van der Waals surface area contributed by atoms with E-state index in [1.165, 1.54) is 16.1 Å². The summed E-state index contributed by atoms with van der Waals surface area (Å²) in [7, 11) is -3.39. The lowest BCUT2D eigenvalue weighted by Crippen LogP contribution is -2.32. The number of nitrogens with one attached hydrogen (secondary N) is 1. The summed E-state index contributed by atoms with van der Waals surface area (Å²) in [6.45, 7) is 2.91. The number of anilines is 1. The lowest BCUT2D eigenvalue weighted by atomic mass is 10.0. The zero-order valence-corrected chi connectivity index (χ0v) is 18.5. The second-order valence-corrected chi connectivity index (χ2v) is 9.68. The quantitative estimate of drug-likeness (QED) is 0.534. The minimum absolute atomic E-state index is 0.0613. The zero-order chi connectivity index (χ0) is 19.9. The molecule has 2 aromatic rings. The summed E-state index contributed by atoms with van der Waals surface area (Å²) < 4.78 is 26.6. The van der Waals surface area contributed by atoms with Crippen LogP contribution >= 0.6 is 22.6 Å². The van der Waals surface area contributed by atoms with Gasteiger partial charge in [-0.1, -0.05) is 37.3 Å². The highest BCUT2D eigenvalue weighted by Crippen LogP contribution is 2.20. The molecule has 0 aliphatic rings. The summed E-state index contributed by atoms with van der Waals surface area (Å²) in [4.78, 5) is 12.1. The van der Waals surface area contributed by atoms with E-state index < -0.39 is 10.0 Å². The molecule has 27 heavy (non-hydrogen) atoms. The monoisotopic (exact) mass is 500 g/mol. The predicted molar refractivity (Wildman–Crippen MR) is 118 cm³/mol. The van der Waals surface area contributed by atoms with Crippen molar-refractivity contribution in [3.63, 3.8) is 0 Å². The average molecular weight is 500 g/mol. The molecule has 1 N–H and O–H groups in total.